The smallest absolute Gasteiger partial charge is 0.252 e. The number of halogens is 1. The maximum absolute atomic E-state index is 14.5. The summed E-state index contributed by atoms with van der Waals surface area (Å²) in [5.74, 6) is -0.576. The molecule has 7 nitrogen and oxygen atoms in total. The summed E-state index contributed by atoms with van der Waals surface area (Å²) in [7, 11) is -0.519. The molecule has 2 aromatic carbocycles. The molecule has 1 heterocycles. The van der Waals surface area contributed by atoms with E-state index in [9.17, 15) is 17.6 Å². The van der Waals surface area contributed by atoms with Crippen LogP contribution in [0.25, 0.3) is 0 Å². The lowest BCUT2D eigenvalue weighted by Crippen LogP contribution is -2.34. The number of imidazole rings is 1. The van der Waals surface area contributed by atoms with E-state index < -0.39 is 27.8 Å². The zero-order chi connectivity index (χ0) is 22.8. The molecule has 0 saturated heterocycles. The Morgan fingerprint density at radius 2 is 1.87 bits per heavy atom. The first-order valence-electron chi connectivity index (χ1n) is 9.73. The summed E-state index contributed by atoms with van der Waals surface area (Å²) in [4.78, 5) is 17.3. The van der Waals surface area contributed by atoms with Crippen molar-refractivity contribution in [3.05, 3.63) is 83.7 Å². The lowest BCUT2D eigenvalue weighted by atomic mass is 10.0. The molecule has 1 unspecified atom stereocenters. The summed E-state index contributed by atoms with van der Waals surface area (Å²) < 4.78 is 43.1. The molecule has 0 bridgehead atoms. The normalized spacial score (nSPS) is 12.9. The van der Waals surface area contributed by atoms with Crippen LogP contribution in [0.4, 0.5) is 4.39 Å². The number of nitrogens with one attached hydrogen (secondary N) is 1. The van der Waals surface area contributed by atoms with Crippen LogP contribution >= 0.6 is 0 Å². The van der Waals surface area contributed by atoms with E-state index in [1.807, 2.05) is 0 Å². The third kappa shape index (κ3) is 4.67. The van der Waals surface area contributed by atoms with Crippen molar-refractivity contribution in [3.63, 3.8) is 0 Å². The third-order valence-corrected chi connectivity index (χ3v) is 7.14. The molecule has 31 heavy (non-hydrogen) atoms. The first kappa shape index (κ1) is 22.6. The van der Waals surface area contributed by atoms with Crippen molar-refractivity contribution in [1.82, 2.24) is 19.2 Å². The highest BCUT2D eigenvalue weighted by Crippen LogP contribution is 2.24. The molecule has 0 aliphatic heterocycles. The average Bonchev–Trinajstić information content (AvgIpc) is 3.17. The fourth-order valence-corrected chi connectivity index (χ4v) is 4.52. The number of carbonyl (C=O) groups excluding carboxylic acids is 1. The van der Waals surface area contributed by atoms with Crippen molar-refractivity contribution in [3.8, 4) is 0 Å². The van der Waals surface area contributed by atoms with Crippen molar-refractivity contribution < 1.29 is 17.6 Å². The number of sulfonamides is 1. The van der Waals surface area contributed by atoms with Gasteiger partial charge in [-0.25, -0.2) is 17.8 Å². The first-order valence-corrected chi connectivity index (χ1v) is 11.2. The van der Waals surface area contributed by atoms with Gasteiger partial charge in [-0.2, -0.15) is 4.31 Å². The largest absolute Gasteiger partial charge is 0.338 e. The number of rotatable bonds is 7. The summed E-state index contributed by atoms with van der Waals surface area (Å²) in [6.07, 6.45) is 3.26. The van der Waals surface area contributed by atoms with Gasteiger partial charge in [-0.1, -0.05) is 24.3 Å². The molecule has 0 radical (unpaired) electrons. The second-order valence-electron chi connectivity index (χ2n) is 7.47. The summed E-state index contributed by atoms with van der Waals surface area (Å²) in [6, 6.07) is 10.8. The molecule has 1 aromatic heterocycles. The Morgan fingerprint density at radius 1 is 1.16 bits per heavy atom. The van der Waals surface area contributed by atoms with E-state index in [-0.39, 0.29) is 22.1 Å². The van der Waals surface area contributed by atoms with Crippen LogP contribution in [-0.4, -0.2) is 41.3 Å². The molecule has 0 aliphatic carbocycles. The van der Waals surface area contributed by atoms with Gasteiger partial charge in [0.05, 0.1) is 4.90 Å². The Labute approximate surface area is 181 Å². The maximum atomic E-state index is 14.5. The lowest BCUT2D eigenvalue weighted by molar-refractivity contribution is 0.0940. The standard InChI is InChI=1S/C22H25FN4O3S/c1-15(2)27(4)31(29,30)17-9-7-8-16(14-17)22(28)25-20(21-24-12-13-26(21)3)18-10-5-6-11-19(18)23/h5-15,20H,1-4H3,(H,25,28). The number of aromatic nitrogens is 2. The number of amides is 1. The molecule has 164 valence electrons. The Balaban J connectivity index is 1.97. The van der Waals surface area contributed by atoms with E-state index in [4.69, 9.17) is 0 Å². The number of carbonyl (C=O) groups is 1. The predicted molar refractivity (Wildman–Crippen MR) is 115 cm³/mol. The molecule has 0 spiro atoms. The Hall–Kier alpha value is -3.04. The van der Waals surface area contributed by atoms with E-state index in [1.165, 1.54) is 41.7 Å². The Kier molecular flexibility index (Phi) is 6.56. The molecular formula is C22H25FN4O3S. The van der Waals surface area contributed by atoms with Gasteiger partial charge in [-0.05, 0) is 38.1 Å². The van der Waals surface area contributed by atoms with E-state index in [1.54, 1.807) is 56.1 Å². The van der Waals surface area contributed by atoms with Crippen LogP contribution in [0.1, 0.15) is 41.6 Å². The first-order chi connectivity index (χ1) is 14.6. The van der Waals surface area contributed by atoms with E-state index >= 15 is 0 Å². The average molecular weight is 445 g/mol. The van der Waals surface area contributed by atoms with Crippen molar-refractivity contribution >= 4 is 15.9 Å². The fraction of sp³-hybridized carbons (Fsp3) is 0.273. The Bertz CT molecular complexity index is 1190. The molecule has 1 amide bonds. The van der Waals surface area contributed by atoms with Crippen LogP contribution in [0.3, 0.4) is 0 Å². The SMILES string of the molecule is CC(C)N(C)S(=O)(=O)c1cccc(C(=O)NC(c2ccccc2F)c2nccn2C)c1. The molecule has 9 heteroatoms. The van der Waals surface area contributed by atoms with Crippen LogP contribution in [0.15, 0.2) is 65.8 Å². The van der Waals surface area contributed by atoms with Gasteiger partial charge in [0.1, 0.15) is 17.7 Å². The minimum Gasteiger partial charge on any atom is -0.338 e. The molecular weight excluding hydrogens is 419 g/mol. The second kappa shape index (κ2) is 8.99. The second-order valence-corrected chi connectivity index (χ2v) is 9.46. The van der Waals surface area contributed by atoms with Gasteiger partial charge in [-0.3, -0.25) is 4.79 Å². The monoisotopic (exact) mass is 444 g/mol. The molecule has 3 aromatic rings. The number of aryl methyl sites for hydroxylation is 1. The van der Waals surface area contributed by atoms with E-state index in [0.29, 0.717) is 5.82 Å². The summed E-state index contributed by atoms with van der Waals surface area (Å²) in [5, 5.41) is 2.79. The van der Waals surface area contributed by atoms with Crippen molar-refractivity contribution in [2.45, 2.75) is 30.8 Å². The quantitative estimate of drug-likeness (QED) is 0.607. The van der Waals surface area contributed by atoms with Crippen molar-refractivity contribution in [2.24, 2.45) is 7.05 Å². The van der Waals surface area contributed by atoms with Gasteiger partial charge in [0, 0.05) is 43.7 Å². The highest BCUT2D eigenvalue weighted by atomic mass is 32.2. The fourth-order valence-electron chi connectivity index (χ4n) is 3.10. The minimum atomic E-state index is -3.75. The van der Waals surface area contributed by atoms with Crippen molar-refractivity contribution in [2.75, 3.05) is 7.05 Å². The predicted octanol–water partition coefficient (Wildman–Crippen LogP) is 3.11. The zero-order valence-electron chi connectivity index (χ0n) is 17.8. The van der Waals surface area contributed by atoms with E-state index in [2.05, 4.69) is 10.3 Å². The number of hydrogen-bond acceptors (Lipinski definition) is 4. The molecule has 0 fully saturated rings. The van der Waals surface area contributed by atoms with Crippen LogP contribution in [0, 0.1) is 5.82 Å². The summed E-state index contributed by atoms with van der Waals surface area (Å²) in [6.45, 7) is 3.53. The molecule has 3 rings (SSSR count). The van der Waals surface area contributed by atoms with Gasteiger partial charge in [-0.15, -0.1) is 0 Å². The highest BCUT2D eigenvalue weighted by Gasteiger charge is 2.26. The summed E-state index contributed by atoms with van der Waals surface area (Å²) >= 11 is 0. The van der Waals surface area contributed by atoms with Crippen LogP contribution in [-0.2, 0) is 17.1 Å². The van der Waals surface area contributed by atoms with Gasteiger partial charge in [0.2, 0.25) is 10.0 Å². The molecule has 1 N–H and O–H groups in total. The number of nitrogens with zero attached hydrogens (tertiary/aromatic N) is 3. The summed E-state index contributed by atoms with van der Waals surface area (Å²) in [5.41, 5.74) is 0.405. The number of hydrogen-bond donors (Lipinski definition) is 1. The maximum Gasteiger partial charge on any atom is 0.252 e. The molecule has 0 saturated carbocycles. The third-order valence-electron chi connectivity index (χ3n) is 5.11. The van der Waals surface area contributed by atoms with Gasteiger partial charge in [0.25, 0.3) is 5.91 Å². The minimum absolute atomic E-state index is 0.00998. The van der Waals surface area contributed by atoms with Gasteiger partial charge >= 0.3 is 0 Å². The van der Waals surface area contributed by atoms with E-state index in [0.717, 1.165) is 0 Å². The van der Waals surface area contributed by atoms with Crippen molar-refractivity contribution in [1.29, 1.82) is 0 Å². The van der Waals surface area contributed by atoms with Gasteiger partial charge < -0.3 is 9.88 Å². The molecule has 0 aliphatic rings. The van der Waals surface area contributed by atoms with Gasteiger partial charge in [0.15, 0.2) is 0 Å². The molecule has 1 atom stereocenters. The topological polar surface area (TPSA) is 84.3 Å². The Morgan fingerprint density at radius 3 is 2.48 bits per heavy atom. The zero-order valence-corrected chi connectivity index (χ0v) is 18.6. The highest BCUT2D eigenvalue weighted by molar-refractivity contribution is 7.89. The number of benzene rings is 2. The van der Waals surface area contributed by atoms with Crippen LogP contribution in [0.2, 0.25) is 0 Å². The van der Waals surface area contributed by atoms with Crippen LogP contribution < -0.4 is 5.32 Å². The van der Waals surface area contributed by atoms with Crippen LogP contribution in [0.5, 0.6) is 0 Å². The lowest BCUT2D eigenvalue weighted by Gasteiger charge is -2.22.